The van der Waals surface area contributed by atoms with Gasteiger partial charge in [-0.2, -0.15) is 0 Å². The minimum Gasteiger partial charge on any atom is -0.388 e. The van der Waals surface area contributed by atoms with Gasteiger partial charge in [0.05, 0.1) is 24.8 Å². The van der Waals surface area contributed by atoms with Crippen LogP contribution in [0.25, 0.3) is 0 Å². The fraction of sp³-hybridized carbons (Fsp3) is 1.00. The summed E-state index contributed by atoms with van der Waals surface area (Å²) in [4.78, 5) is 0. The molecule has 11 N–H and O–H groups in total. The minimum atomic E-state index is -1.28. The Morgan fingerprint density at radius 1 is 0.969 bits per heavy atom. The summed E-state index contributed by atoms with van der Waals surface area (Å²) in [5, 5.41) is 38.1. The first-order valence-electron chi connectivity index (χ1n) is 11.3. The van der Waals surface area contributed by atoms with Crippen molar-refractivity contribution in [3.8, 4) is 0 Å². The molecule has 1 aliphatic carbocycles. The third-order valence-corrected chi connectivity index (χ3v) is 6.72. The molecule has 0 aromatic heterocycles. The lowest BCUT2D eigenvalue weighted by molar-refractivity contribution is -0.306. The van der Waals surface area contributed by atoms with Crippen molar-refractivity contribution in [3.63, 3.8) is 0 Å². The molecule has 0 bridgehead atoms. The Bertz CT molecular complexity index is 603. The highest BCUT2D eigenvalue weighted by Crippen LogP contribution is 2.31. The maximum Gasteiger partial charge on any atom is 0.185 e. The molecule has 32 heavy (non-hydrogen) atoms. The minimum absolute atomic E-state index is 0.0480. The Labute approximate surface area is 189 Å². The number of hydrogen-bond acceptors (Lipinski definition) is 12. The van der Waals surface area contributed by atoms with Crippen molar-refractivity contribution in [2.45, 2.75) is 99.1 Å². The number of rotatable bonds is 7. The average molecular weight is 464 g/mol. The van der Waals surface area contributed by atoms with Crippen molar-refractivity contribution in [3.05, 3.63) is 0 Å². The molecule has 0 radical (unpaired) electrons. The normalized spacial score (nSPS) is 50.3. The molecule has 1 saturated carbocycles. The van der Waals surface area contributed by atoms with Gasteiger partial charge in [0.25, 0.3) is 0 Å². The number of nitrogens with one attached hydrogen (secondary N) is 2. The lowest BCUT2D eigenvalue weighted by Gasteiger charge is -2.48. The van der Waals surface area contributed by atoms with Crippen LogP contribution < -0.4 is 27.8 Å². The molecule has 12 atom stereocenters. The van der Waals surface area contributed by atoms with Crippen molar-refractivity contribution in [2.75, 3.05) is 27.2 Å². The van der Waals surface area contributed by atoms with E-state index in [4.69, 9.17) is 36.1 Å². The van der Waals surface area contributed by atoms with E-state index in [0.717, 1.165) is 12.8 Å². The van der Waals surface area contributed by atoms with Crippen LogP contribution in [0.1, 0.15) is 26.2 Å². The van der Waals surface area contributed by atoms with Gasteiger partial charge in [-0.15, -0.1) is 0 Å². The number of nitrogens with two attached hydrogens (primary N) is 3. The van der Waals surface area contributed by atoms with E-state index < -0.39 is 60.7 Å². The third-order valence-electron chi connectivity index (χ3n) is 6.72. The molecule has 2 heterocycles. The van der Waals surface area contributed by atoms with Gasteiger partial charge < -0.3 is 62.1 Å². The molecular formula is C20H41N5O7. The number of likely N-dealkylation sites (N-methyl/N-ethyl adjacent to an activating group) is 2. The van der Waals surface area contributed by atoms with Gasteiger partial charge in [0.2, 0.25) is 0 Å². The lowest BCUT2D eigenvalue weighted by atomic mass is 9.84. The number of ether oxygens (including phenoxy) is 4. The van der Waals surface area contributed by atoms with Crippen LogP contribution in [0.3, 0.4) is 0 Å². The van der Waals surface area contributed by atoms with Gasteiger partial charge in [-0.05, 0) is 40.3 Å². The SMILES string of the molecule is CNC[C@@H]1CC[C@@H](N)[C@@H](O[C@H]2[C@H](O)[C@@H](O[C@H]3OC[C@](C)(O)[C@H](NC)[C@H]3O)[C@H](N)C[C@@H]2N)O1. The van der Waals surface area contributed by atoms with Gasteiger partial charge in [-0.3, -0.25) is 0 Å². The number of aliphatic hydroxyl groups excluding tert-OH is 2. The highest BCUT2D eigenvalue weighted by Gasteiger charge is 2.50. The maximum atomic E-state index is 11.1. The van der Waals surface area contributed by atoms with E-state index in [1.165, 1.54) is 0 Å². The van der Waals surface area contributed by atoms with Gasteiger partial charge in [0.15, 0.2) is 12.6 Å². The van der Waals surface area contributed by atoms with Gasteiger partial charge in [0, 0.05) is 18.6 Å². The van der Waals surface area contributed by atoms with Gasteiger partial charge in [0.1, 0.15) is 30.0 Å². The van der Waals surface area contributed by atoms with Crippen molar-refractivity contribution in [1.82, 2.24) is 10.6 Å². The molecule has 3 fully saturated rings. The highest BCUT2D eigenvalue weighted by molar-refractivity contribution is 5.01. The zero-order chi connectivity index (χ0) is 23.6. The van der Waals surface area contributed by atoms with Crippen molar-refractivity contribution < 1.29 is 34.3 Å². The molecule has 0 aromatic rings. The predicted octanol–water partition coefficient (Wildman–Crippen LogP) is -3.72. The first-order valence-corrected chi connectivity index (χ1v) is 11.3. The summed E-state index contributed by atoms with van der Waals surface area (Å²) in [7, 11) is 3.47. The molecule has 2 aliphatic heterocycles. The first kappa shape index (κ1) is 26.1. The Morgan fingerprint density at radius 3 is 2.19 bits per heavy atom. The Morgan fingerprint density at radius 2 is 1.59 bits per heavy atom. The molecule has 12 heteroatoms. The summed E-state index contributed by atoms with van der Waals surface area (Å²) in [5.74, 6) is 0. The van der Waals surface area contributed by atoms with E-state index in [1.807, 2.05) is 7.05 Å². The van der Waals surface area contributed by atoms with Gasteiger partial charge >= 0.3 is 0 Å². The molecule has 3 rings (SSSR count). The van der Waals surface area contributed by atoms with E-state index in [-0.39, 0.29) is 18.8 Å². The smallest absolute Gasteiger partial charge is 0.185 e. The molecule has 0 spiro atoms. The molecule has 3 aliphatic rings. The lowest BCUT2D eigenvalue weighted by Crippen LogP contribution is -2.68. The van der Waals surface area contributed by atoms with Crippen molar-refractivity contribution in [1.29, 1.82) is 0 Å². The second-order valence-electron chi connectivity index (χ2n) is 9.47. The maximum absolute atomic E-state index is 11.1. The fourth-order valence-electron chi connectivity index (χ4n) is 4.90. The van der Waals surface area contributed by atoms with Crippen LogP contribution in [-0.4, -0.2) is 115 Å². The number of hydrogen-bond donors (Lipinski definition) is 8. The van der Waals surface area contributed by atoms with E-state index >= 15 is 0 Å². The Hall–Kier alpha value is -0.480. The first-order chi connectivity index (χ1) is 15.1. The topological polar surface area (TPSA) is 200 Å². The summed E-state index contributed by atoms with van der Waals surface area (Å²) in [5.41, 5.74) is 17.4. The monoisotopic (exact) mass is 463 g/mol. The molecule has 12 nitrogen and oxygen atoms in total. The van der Waals surface area contributed by atoms with Gasteiger partial charge in [-0.25, -0.2) is 0 Å². The van der Waals surface area contributed by atoms with Crippen LogP contribution >= 0.6 is 0 Å². The molecule has 0 amide bonds. The fourth-order valence-corrected chi connectivity index (χ4v) is 4.90. The van der Waals surface area contributed by atoms with E-state index in [9.17, 15) is 15.3 Å². The van der Waals surface area contributed by atoms with Crippen LogP contribution in [-0.2, 0) is 18.9 Å². The Balaban J connectivity index is 1.67. The summed E-state index contributed by atoms with van der Waals surface area (Å²) >= 11 is 0. The van der Waals surface area contributed by atoms with Crippen LogP contribution in [0, 0.1) is 0 Å². The summed E-state index contributed by atoms with van der Waals surface area (Å²) in [6.07, 6.45) is -4.12. The molecular weight excluding hydrogens is 422 g/mol. The van der Waals surface area contributed by atoms with E-state index in [2.05, 4.69) is 10.6 Å². The van der Waals surface area contributed by atoms with E-state index in [0.29, 0.717) is 13.0 Å². The second kappa shape index (κ2) is 10.8. The zero-order valence-corrected chi connectivity index (χ0v) is 19.1. The highest BCUT2D eigenvalue weighted by atomic mass is 16.7. The predicted molar refractivity (Wildman–Crippen MR) is 115 cm³/mol. The summed E-state index contributed by atoms with van der Waals surface area (Å²) in [6, 6.07) is -2.20. The van der Waals surface area contributed by atoms with Crippen molar-refractivity contribution in [2.24, 2.45) is 17.2 Å². The van der Waals surface area contributed by atoms with Gasteiger partial charge in [-0.1, -0.05) is 0 Å². The largest absolute Gasteiger partial charge is 0.388 e. The average Bonchev–Trinajstić information content (AvgIpc) is 2.72. The molecule has 2 saturated heterocycles. The van der Waals surface area contributed by atoms with Crippen LogP contribution in [0.15, 0.2) is 0 Å². The number of aliphatic hydroxyl groups is 3. The Kier molecular flexibility index (Phi) is 8.86. The summed E-state index contributed by atoms with van der Waals surface area (Å²) < 4.78 is 23.5. The standard InChI is InChI=1S/C20H41N5O7/c1-20(28)8-29-19(14(27)17(20)25-3)32-16-12(23)6-11(22)15(13(16)26)31-18-10(21)5-4-9(30-18)7-24-2/h9-19,24-28H,4-8,21-23H2,1-3H3/t9-,10+,11-,12+,13-,14+,15+,16-,17+,18+,19+,20-/m0/s1. The molecule has 188 valence electrons. The van der Waals surface area contributed by atoms with Crippen LogP contribution in [0.4, 0.5) is 0 Å². The van der Waals surface area contributed by atoms with Crippen molar-refractivity contribution >= 4 is 0 Å². The second-order valence-corrected chi connectivity index (χ2v) is 9.47. The quantitative estimate of drug-likeness (QED) is 0.184. The third kappa shape index (κ3) is 5.59. The molecule has 0 aromatic carbocycles. The van der Waals surface area contributed by atoms with Crippen LogP contribution in [0.5, 0.6) is 0 Å². The molecule has 0 unspecified atom stereocenters. The summed E-state index contributed by atoms with van der Waals surface area (Å²) in [6.45, 7) is 2.16. The van der Waals surface area contributed by atoms with E-state index in [1.54, 1.807) is 14.0 Å². The van der Waals surface area contributed by atoms with Crippen LogP contribution in [0.2, 0.25) is 0 Å². The zero-order valence-electron chi connectivity index (χ0n) is 19.1.